The van der Waals surface area contributed by atoms with Gasteiger partial charge in [0, 0.05) is 75.6 Å². The molecule has 2 aliphatic rings. The number of ether oxygens (including phenoxy) is 6. The van der Waals surface area contributed by atoms with E-state index >= 15 is 0 Å². The number of nitrogens with zero attached hydrogens (tertiary/aromatic N) is 2. The number of esters is 2. The molecule has 11 nitrogen and oxygen atoms in total. The van der Waals surface area contributed by atoms with Gasteiger partial charge in [-0.3, -0.25) is 19.4 Å². The van der Waals surface area contributed by atoms with E-state index in [9.17, 15) is 9.59 Å². The number of para-hydroxylation sites is 2. The summed E-state index contributed by atoms with van der Waals surface area (Å²) in [5, 5.41) is -0.0585. The number of benzene rings is 2. The van der Waals surface area contributed by atoms with Gasteiger partial charge < -0.3 is 32.8 Å². The molecule has 2 aliphatic heterocycles. The van der Waals surface area contributed by atoms with Gasteiger partial charge in [0.05, 0.1) is 32.9 Å². The van der Waals surface area contributed by atoms with Crippen LogP contribution in [0.3, 0.4) is 0 Å². The maximum atomic E-state index is 13.8. The number of fused-ring (bicyclic) bond motifs is 2. The zero-order valence-electron chi connectivity index (χ0n) is 36.3. The summed E-state index contributed by atoms with van der Waals surface area (Å²) in [5.41, 5.74) is 2.37. The molecule has 0 saturated heterocycles. The van der Waals surface area contributed by atoms with Crippen molar-refractivity contribution in [2.75, 3.05) is 26.2 Å². The summed E-state index contributed by atoms with van der Waals surface area (Å²) in [6, 6.07) is 11.7. The van der Waals surface area contributed by atoms with Crippen LogP contribution in [-0.2, 0) is 59.3 Å². The van der Waals surface area contributed by atoms with Gasteiger partial charge in [0.1, 0.15) is 22.7 Å². The van der Waals surface area contributed by atoms with E-state index < -0.39 is 31.1 Å². The minimum absolute atomic E-state index is 0.00702. The van der Waals surface area contributed by atoms with Crippen molar-refractivity contribution < 1.29 is 42.4 Å². The van der Waals surface area contributed by atoms with Crippen molar-refractivity contribution in [3.8, 4) is 11.5 Å². The molecule has 0 fully saturated rings. The van der Waals surface area contributed by atoms with E-state index in [2.05, 4.69) is 43.7 Å². The highest BCUT2D eigenvalue weighted by molar-refractivity contribution is 6.74. The summed E-state index contributed by atoms with van der Waals surface area (Å²) in [6.07, 6.45) is 0. The van der Waals surface area contributed by atoms with Crippen LogP contribution < -0.4 is 9.47 Å². The zero-order chi connectivity index (χ0) is 41.2. The first-order chi connectivity index (χ1) is 25.1. The maximum Gasteiger partial charge on any atom is 0.320 e. The number of hydrogen-bond acceptors (Lipinski definition) is 11. The van der Waals surface area contributed by atoms with E-state index in [4.69, 9.17) is 32.8 Å². The fraction of sp³-hybridized carbons (Fsp3) is 0.674. The van der Waals surface area contributed by atoms with Gasteiger partial charge >= 0.3 is 11.9 Å². The molecule has 0 aromatic heterocycles. The molecular weight excluding hydrogens is 717 g/mol. The van der Waals surface area contributed by atoms with Gasteiger partial charge in [-0.05, 0) is 59.7 Å². The highest BCUT2D eigenvalue weighted by Gasteiger charge is 2.40. The summed E-state index contributed by atoms with van der Waals surface area (Å²) in [4.78, 5) is 31.6. The first-order valence-corrected chi connectivity index (χ1v) is 22.4. The second-order valence-electron chi connectivity index (χ2n) is 19.4. The van der Waals surface area contributed by atoms with Gasteiger partial charge in [-0.2, -0.15) is 0 Å². The van der Waals surface area contributed by atoms with Gasteiger partial charge in [0.15, 0.2) is 8.32 Å². The van der Waals surface area contributed by atoms with Crippen LogP contribution in [0.1, 0.15) is 112 Å². The lowest BCUT2D eigenvalue weighted by molar-refractivity contribution is -0.181. The summed E-state index contributed by atoms with van der Waals surface area (Å²) >= 11 is 0. The number of carbonyl (C=O) groups is 2. The molecule has 0 bridgehead atoms. The smallest absolute Gasteiger partial charge is 0.320 e. The van der Waals surface area contributed by atoms with E-state index in [0.717, 1.165) is 33.8 Å². The number of carbonyl (C=O) groups excluding carboxylic acids is 2. The molecule has 1 unspecified atom stereocenters. The lowest BCUT2D eigenvalue weighted by atomic mass is 10.0. The normalized spacial score (nSPS) is 17.5. The third-order valence-corrected chi connectivity index (χ3v) is 14.4. The Bertz CT molecular complexity index is 1650. The van der Waals surface area contributed by atoms with Gasteiger partial charge in [0.2, 0.25) is 11.6 Å². The molecule has 55 heavy (non-hydrogen) atoms. The van der Waals surface area contributed by atoms with Crippen molar-refractivity contribution in [3.05, 3.63) is 58.7 Å². The van der Waals surface area contributed by atoms with Crippen LogP contribution in [-0.4, -0.2) is 85.1 Å². The average molecular weight is 785 g/mol. The van der Waals surface area contributed by atoms with E-state index in [1.54, 1.807) is 0 Å². The van der Waals surface area contributed by atoms with Crippen molar-refractivity contribution in [1.82, 2.24) is 9.80 Å². The molecule has 2 aromatic carbocycles. The Labute approximate surface area is 331 Å². The molecule has 12 heteroatoms. The lowest BCUT2D eigenvalue weighted by Crippen LogP contribution is -2.52. The number of rotatable bonds is 14. The molecule has 4 rings (SSSR count). The molecule has 0 N–H and O–H groups in total. The Kier molecular flexibility index (Phi) is 13.7. The SMILES string of the molecule is CC(C)(C)OC(=O)CN(Cc1cccc2c1OC(C)(C)OC2)CC(CO[Si](C)(C)C(C)(C)C)N(CC(=O)OC(C)(C)C)Cc1cccc2c1OC(C)(C)OC2. The summed E-state index contributed by atoms with van der Waals surface area (Å²) in [5.74, 6) is -0.821. The van der Waals surface area contributed by atoms with Crippen LogP contribution in [0.2, 0.25) is 18.1 Å². The van der Waals surface area contributed by atoms with E-state index in [0.29, 0.717) is 39.5 Å². The van der Waals surface area contributed by atoms with Crippen molar-refractivity contribution in [2.45, 2.75) is 163 Å². The molecule has 0 saturated carbocycles. The second-order valence-corrected chi connectivity index (χ2v) is 24.2. The van der Waals surface area contributed by atoms with Gasteiger partial charge in [-0.15, -0.1) is 0 Å². The van der Waals surface area contributed by atoms with E-state index in [1.165, 1.54) is 0 Å². The van der Waals surface area contributed by atoms with Crippen molar-refractivity contribution in [3.63, 3.8) is 0 Å². The standard InChI is InChI=1S/C43H68N2O9Si/c1-39(2,3)51-35(46)25-44(22-30-18-16-20-32-27-48-42(10,11)53-37(30)32)24-34(29-50-55(14,15)41(7,8)9)45(26-36(47)52-40(4,5)6)23-31-19-17-21-33-28-49-43(12,13)54-38(31)33/h16-21,34H,22-29H2,1-15H3. The predicted molar refractivity (Wildman–Crippen MR) is 216 cm³/mol. The quantitative estimate of drug-likeness (QED) is 0.136. The fourth-order valence-electron chi connectivity index (χ4n) is 6.22. The first kappa shape index (κ1) is 44.7. The van der Waals surface area contributed by atoms with Crippen molar-refractivity contribution in [2.24, 2.45) is 0 Å². The topological polar surface area (TPSA) is 105 Å². The maximum absolute atomic E-state index is 13.8. The molecule has 0 radical (unpaired) electrons. The fourth-order valence-corrected chi connectivity index (χ4v) is 7.26. The highest BCUT2D eigenvalue weighted by atomic mass is 28.4. The third-order valence-electron chi connectivity index (χ3n) is 9.92. The molecule has 2 heterocycles. The Morgan fingerprint density at radius 1 is 0.727 bits per heavy atom. The first-order valence-electron chi connectivity index (χ1n) is 19.5. The Morgan fingerprint density at radius 2 is 1.18 bits per heavy atom. The Balaban J connectivity index is 1.81. The lowest BCUT2D eigenvalue weighted by Gasteiger charge is -2.41. The largest absolute Gasteiger partial charge is 0.462 e. The summed E-state index contributed by atoms with van der Waals surface area (Å²) < 4.78 is 43.5. The zero-order valence-corrected chi connectivity index (χ0v) is 37.3. The van der Waals surface area contributed by atoms with Crippen LogP contribution in [0.25, 0.3) is 0 Å². The van der Waals surface area contributed by atoms with Gasteiger partial charge in [-0.25, -0.2) is 0 Å². The van der Waals surface area contributed by atoms with Gasteiger partial charge in [-0.1, -0.05) is 57.2 Å². The van der Waals surface area contributed by atoms with Crippen LogP contribution >= 0.6 is 0 Å². The summed E-state index contributed by atoms with van der Waals surface area (Å²) in [6.45, 7) is 32.1. The second kappa shape index (κ2) is 16.8. The molecule has 0 amide bonds. The van der Waals surface area contributed by atoms with Crippen molar-refractivity contribution >= 4 is 20.3 Å². The van der Waals surface area contributed by atoms with Crippen LogP contribution in [0, 0.1) is 0 Å². The molecular formula is C43H68N2O9Si. The highest BCUT2D eigenvalue weighted by Crippen LogP contribution is 2.39. The minimum Gasteiger partial charge on any atom is -0.462 e. The molecule has 308 valence electrons. The number of hydrogen-bond donors (Lipinski definition) is 0. The molecule has 1 atom stereocenters. The monoisotopic (exact) mass is 784 g/mol. The van der Waals surface area contributed by atoms with Crippen LogP contribution in [0.15, 0.2) is 36.4 Å². The minimum atomic E-state index is -2.28. The molecule has 0 aliphatic carbocycles. The van der Waals surface area contributed by atoms with Gasteiger partial charge in [0.25, 0.3) is 0 Å². The predicted octanol–water partition coefficient (Wildman–Crippen LogP) is 8.35. The molecule has 0 spiro atoms. The van der Waals surface area contributed by atoms with Crippen LogP contribution in [0.5, 0.6) is 11.5 Å². The Hall–Kier alpha value is -3.00. The molecule has 2 aromatic rings. The summed E-state index contributed by atoms with van der Waals surface area (Å²) in [7, 11) is -2.28. The average Bonchev–Trinajstić information content (AvgIpc) is 3.00. The Morgan fingerprint density at radius 3 is 1.64 bits per heavy atom. The van der Waals surface area contributed by atoms with Crippen LogP contribution in [0.4, 0.5) is 0 Å². The van der Waals surface area contributed by atoms with Crippen molar-refractivity contribution in [1.29, 1.82) is 0 Å². The third kappa shape index (κ3) is 13.3. The van der Waals surface area contributed by atoms with E-state index in [1.807, 2.05) is 106 Å². The van der Waals surface area contributed by atoms with E-state index in [-0.39, 0.29) is 36.1 Å².